The van der Waals surface area contributed by atoms with Crippen LogP contribution in [0.4, 0.5) is 0 Å². The van der Waals surface area contributed by atoms with Gasteiger partial charge in [0.2, 0.25) is 5.91 Å². The van der Waals surface area contributed by atoms with Gasteiger partial charge in [-0.05, 0) is 6.26 Å². The predicted octanol–water partition coefficient (Wildman–Crippen LogP) is -0.159. The number of ether oxygens (including phenoxy) is 1. The zero-order valence-electron chi connectivity index (χ0n) is 12.0. The zero-order valence-corrected chi connectivity index (χ0v) is 12.8. The summed E-state index contributed by atoms with van der Waals surface area (Å²) < 4.78 is 5.05. The number of nitrogens with zero attached hydrogens (tertiary/aromatic N) is 2. The minimum absolute atomic E-state index is 0.0302. The number of hydrogen-bond donors (Lipinski definition) is 1. The summed E-state index contributed by atoms with van der Waals surface area (Å²) >= 11 is 1.48. The van der Waals surface area contributed by atoms with Crippen molar-refractivity contribution >= 4 is 23.6 Å². The van der Waals surface area contributed by atoms with Crippen LogP contribution in [-0.2, 0) is 14.3 Å². The van der Waals surface area contributed by atoms with Crippen molar-refractivity contribution < 1.29 is 19.4 Å². The number of methoxy groups -OCH3 is 1. The number of carboxylic acid groups (broad SMARTS) is 1. The number of amides is 1. The lowest BCUT2D eigenvalue weighted by Crippen LogP contribution is -2.42. The van der Waals surface area contributed by atoms with E-state index in [0.29, 0.717) is 32.0 Å². The van der Waals surface area contributed by atoms with E-state index in [2.05, 4.69) is 4.90 Å². The minimum atomic E-state index is -0.790. The first-order valence-electron chi connectivity index (χ1n) is 6.75. The second-order valence-corrected chi connectivity index (χ2v) is 6.46. The van der Waals surface area contributed by atoms with Crippen LogP contribution < -0.4 is 0 Å². The summed E-state index contributed by atoms with van der Waals surface area (Å²) in [5.74, 6) is -0.268. The van der Waals surface area contributed by atoms with E-state index in [-0.39, 0.29) is 11.8 Å². The maximum atomic E-state index is 12.0. The summed E-state index contributed by atoms with van der Waals surface area (Å²) in [5, 5.41) is 9.65. The lowest BCUT2D eigenvalue weighted by molar-refractivity contribution is -0.149. The molecular formula is C13H22N2O4S. The van der Waals surface area contributed by atoms with E-state index in [1.165, 1.54) is 11.8 Å². The summed E-state index contributed by atoms with van der Waals surface area (Å²) in [6, 6.07) is 0. The predicted molar refractivity (Wildman–Crippen MR) is 76.8 cm³/mol. The van der Waals surface area contributed by atoms with Crippen LogP contribution >= 0.6 is 11.8 Å². The Bertz CT molecular complexity index is 393. The Morgan fingerprint density at radius 1 is 1.40 bits per heavy atom. The van der Waals surface area contributed by atoms with Gasteiger partial charge in [-0.3, -0.25) is 14.5 Å². The van der Waals surface area contributed by atoms with Gasteiger partial charge in [-0.25, -0.2) is 0 Å². The van der Waals surface area contributed by atoms with Crippen molar-refractivity contribution in [3.8, 4) is 0 Å². The van der Waals surface area contributed by atoms with Gasteiger partial charge in [-0.2, -0.15) is 11.8 Å². The van der Waals surface area contributed by atoms with Crippen molar-refractivity contribution in [2.45, 2.75) is 0 Å². The second kappa shape index (κ2) is 6.32. The topological polar surface area (TPSA) is 70.1 Å². The van der Waals surface area contributed by atoms with Crippen molar-refractivity contribution in [1.82, 2.24) is 9.80 Å². The highest BCUT2D eigenvalue weighted by molar-refractivity contribution is 7.99. The molecule has 2 rings (SSSR count). The largest absolute Gasteiger partial charge is 0.481 e. The first-order chi connectivity index (χ1) is 9.53. The number of fused-ring (bicyclic) bond motifs is 1. The van der Waals surface area contributed by atoms with Crippen LogP contribution in [-0.4, -0.2) is 85.2 Å². The third-order valence-electron chi connectivity index (χ3n) is 4.34. The van der Waals surface area contributed by atoms with Crippen molar-refractivity contribution in [1.29, 1.82) is 0 Å². The Labute approximate surface area is 123 Å². The van der Waals surface area contributed by atoms with Crippen molar-refractivity contribution in [3.63, 3.8) is 0 Å². The number of hydrogen-bond acceptors (Lipinski definition) is 5. The maximum Gasteiger partial charge on any atom is 0.313 e. The average molecular weight is 302 g/mol. The normalized spacial score (nSPS) is 29.7. The van der Waals surface area contributed by atoms with Gasteiger partial charge in [0.25, 0.3) is 0 Å². The standard InChI is InChI=1S/C13H22N2O4S/c1-19-4-3-14-5-10-6-15(11(16)7-20-2)9-13(10,8-14)12(17)18/h10H,3-9H2,1-2H3,(H,17,18)/t10-,13-/m1/s1. The smallest absolute Gasteiger partial charge is 0.313 e. The Morgan fingerprint density at radius 3 is 2.70 bits per heavy atom. The van der Waals surface area contributed by atoms with Crippen LogP contribution in [0.15, 0.2) is 0 Å². The molecule has 114 valence electrons. The number of rotatable bonds is 6. The lowest BCUT2D eigenvalue weighted by Gasteiger charge is -2.25. The van der Waals surface area contributed by atoms with E-state index in [1.807, 2.05) is 6.26 Å². The summed E-state index contributed by atoms with van der Waals surface area (Å²) in [4.78, 5) is 27.6. The third-order valence-corrected chi connectivity index (χ3v) is 4.87. The van der Waals surface area contributed by atoms with Crippen LogP contribution in [0.1, 0.15) is 0 Å². The van der Waals surface area contributed by atoms with Gasteiger partial charge in [-0.1, -0.05) is 0 Å². The van der Waals surface area contributed by atoms with Gasteiger partial charge in [0.1, 0.15) is 5.41 Å². The highest BCUT2D eigenvalue weighted by atomic mass is 32.2. The Kier molecular flexibility index (Phi) is 4.93. The van der Waals surface area contributed by atoms with Crippen molar-refractivity contribution in [2.24, 2.45) is 11.3 Å². The molecule has 0 aliphatic carbocycles. The molecular weight excluding hydrogens is 280 g/mol. The molecule has 0 saturated carbocycles. The highest BCUT2D eigenvalue weighted by Crippen LogP contribution is 2.42. The second-order valence-electron chi connectivity index (χ2n) is 5.59. The molecule has 2 saturated heterocycles. The van der Waals surface area contributed by atoms with E-state index in [9.17, 15) is 14.7 Å². The summed E-state index contributed by atoms with van der Waals surface area (Å²) in [5.41, 5.74) is -0.790. The van der Waals surface area contributed by atoms with Crippen molar-refractivity contribution in [3.05, 3.63) is 0 Å². The molecule has 2 atom stereocenters. The van der Waals surface area contributed by atoms with Gasteiger partial charge in [-0.15, -0.1) is 0 Å². The van der Waals surface area contributed by atoms with E-state index in [1.54, 1.807) is 12.0 Å². The first-order valence-corrected chi connectivity index (χ1v) is 8.14. The van der Waals surface area contributed by atoms with Gasteiger partial charge >= 0.3 is 5.97 Å². The summed E-state index contributed by atoms with van der Waals surface area (Å²) in [6.45, 7) is 3.52. The average Bonchev–Trinajstić information content (AvgIpc) is 2.91. The molecule has 0 bridgehead atoms. The molecule has 0 aromatic carbocycles. The van der Waals surface area contributed by atoms with Crippen LogP contribution in [0.3, 0.4) is 0 Å². The van der Waals surface area contributed by atoms with Gasteiger partial charge < -0.3 is 14.7 Å². The number of carboxylic acids is 1. The van der Waals surface area contributed by atoms with Crippen LogP contribution in [0.5, 0.6) is 0 Å². The SMILES string of the molecule is COCCN1C[C@@H]2CN(C(=O)CSC)C[C@]2(C(=O)O)C1. The number of aliphatic carboxylic acids is 1. The molecule has 1 amide bonds. The molecule has 7 heteroatoms. The van der Waals surface area contributed by atoms with Crippen LogP contribution in [0.2, 0.25) is 0 Å². The zero-order chi connectivity index (χ0) is 14.8. The number of likely N-dealkylation sites (tertiary alicyclic amines) is 2. The van der Waals surface area contributed by atoms with E-state index < -0.39 is 11.4 Å². The number of thioether (sulfide) groups is 1. The summed E-state index contributed by atoms with van der Waals surface area (Å²) in [6.07, 6.45) is 1.88. The molecule has 20 heavy (non-hydrogen) atoms. The Hall–Kier alpha value is -0.790. The third kappa shape index (κ3) is 2.80. The fourth-order valence-electron chi connectivity index (χ4n) is 3.27. The summed E-state index contributed by atoms with van der Waals surface area (Å²) in [7, 11) is 1.65. The molecule has 0 aromatic heterocycles. The molecule has 2 fully saturated rings. The molecule has 0 radical (unpaired) electrons. The minimum Gasteiger partial charge on any atom is -0.481 e. The Morgan fingerprint density at radius 2 is 2.15 bits per heavy atom. The van der Waals surface area contributed by atoms with Gasteiger partial charge in [0.05, 0.1) is 12.4 Å². The number of carbonyl (C=O) groups excluding carboxylic acids is 1. The van der Waals surface area contributed by atoms with Crippen molar-refractivity contribution in [2.75, 3.05) is 58.4 Å². The van der Waals surface area contributed by atoms with E-state index >= 15 is 0 Å². The van der Waals surface area contributed by atoms with Gasteiger partial charge in [0.15, 0.2) is 0 Å². The maximum absolute atomic E-state index is 12.0. The first kappa shape index (κ1) is 15.6. The molecule has 0 unspecified atom stereocenters. The molecule has 2 heterocycles. The lowest BCUT2D eigenvalue weighted by atomic mass is 9.81. The van der Waals surface area contributed by atoms with E-state index in [0.717, 1.165) is 13.1 Å². The molecule has 1 N–H and O–H groups in total. The highest BCUT2D eigenvalue weighted by Gasteiger charge is 2.58. The molecule has 2 aliphatic heterocycles. The molecule has 6 nitrogen and oxygen atoms in total. The quantitative estimate of drug-likeness (QED) is 0.735. The van der Waals surface area contributed by atoms with Crippen LogP contribution in [0, 0.1) is 11.3 Å². The fraction of sp³-hybridized carbons (Fsp3) is 0.846. The number of carbonyl (C=O) groups is 2. The van der Waals surface area contributed by atoms with Gasteiger partial charge in [0, 0.05) is 45.8 Å². The Balaban J connectivity index is 2.05. The molecule has 0 spiro atoms. The molecule has 0 aromatic rings. The van der Waals surface area contributed by atoms with Crippen LogP contribution in [0.25, 0.3) is 0 Å². The monoisotopic (exact) mass is 302 g/mol. The fourth-order valence-corrected chi connectivity index (χ4v) is 3.70. The molecule has 2 aliphatic rings. The van der Waals surface area contributed by atoms with E-state index in [4.69, 9.17) is 4.74 Å².